The Balaban J connectivity index is 1.97. The second-order valence-electron chi connectivity index (χ2n) is 5.17. The first-order valence-corrected chi connectivity index (χ1v) is 6.67. The highest BCUT2D eigenvalue weighted by molar-refractivity contribution is 6.07. The van der Waals surface area contributed by atoms with Crippen molar-refractivity contribution in [3.05, 3.63) is 35.5 Å². The van der Waals surface area contributed by atoms with Gasteiger partial charge in [-0.1, -0.05) is 12.1 Å². The largest absolute Gasteiger partial charge is 0.508 e. The number of hydrogen-bond donors (Lipinski definition) is 1. The number of phenolic OH excluding ortho intramolecular Hbond substituents is 1. The van der Waals surface area contributed by atoms with Gasteiger partial charge in [-0.3, -0.25) is 9.59 Å². The molecule has 2 saturated heterocycles. The summed E-state index contributed by atoms with van der Waals surface area (Å²) in [4.78, 5) is 27.8. The highest BCUT2D eigenvalue weighted by Gasteiger charge is 2.43. The van der Waals surface area contributed by atoms with Crippen LogP contribution < -0.4 is 0 Å². The van der Waals surface area contributed by atoms with Gasteiger partial charge >= 0.3 is 0 Å². The van der Waals surface area contributed by atoms with E-state index in [9.17, 15) is 14.7 Å². The van der Waals surface area contributed by atoms with Crippen molar-refractivity contribution in [1.29, 1.82) is 0 Å². The van der Waals surface area contributed by atoms with Crippen molar-refractivity contribution in [3.8, 4) is 5.75 Å². The predicted octanol–water partition coefficient (Wildman–Crippen LogP) is 1.20. The van der Waals surface area contributed by atoms with Crippen molar-refractivity contribution >= 4 is 17.9 Å². The maximum Gasteiger partial charge on any atom is 0.271 e. The lowest BCUT2D eigenvalue weighted by molar-refractivity contribution is -0.147. The number of benzene rings is 1. The highest BCUT2D eigenvalue weighted by Crippen LogP contribution is 2.28. The summed E-state index contributed by atoms with van der Waals surface area (Å²) in [5.41, 5.74) is 1.17. The summed E-state index contributed by atoms with van der Waals surface area (Å²) >= 11 is 0. The van der Waals surface area contributed by atoms with E-state index in [1.165, 1.54) is 4.90 Å². The molecule has 0 bridgehead atoms. The monoisotopic (exact) mass is 272 g/mol. The van der Waals surface area contributed by atoms with E-state index in [2.05, 4.69) is 0 Å². The van der Waals surface area contributed by atoms with Crippen LogP contribution in [-0.2, 0) is 9.59 Å². The number of carbonyl (C=O) groups excluding carboxylic acids is 2. The number of amides is 2. The molecule has 2 heterocycles. The number of rotatable bonds is 1. The average molecular weight is 272 g/mol. The van der Waals surface area contributed by atoms with E-state index in [0.717, 1.165) is 18.4 Å². The molecule has 0 aliphatic carbocycles. The van der Waals surface area contributed by atoms with Crippen LogP contribution in [0.5, 0.6) is 5.75 Å². The van der Waals surface area contributed by atoms with Crippen molar-refractivity contribution in [2.45, 2.75) is 18.9 Å². The summed E-state index contributed by atoms with van der Waals surface area (Å²) in [6.45, 7) is 0.649. The van der Waals surface area contributed by atoms with E-state index < -0.39 is 0 Å². The fourth-order valence-corrected chi connectivity index (χ4v) is 2.79. The molecule has 1 N–H and O–H groups in total. The van der Waals surface area contributed by atoms with E-state index in [4.69, 9.17) is 0 Å². The van der Waals surface area contributed by atoms with Gasteiger partial charge in [-0.05, 0) is 36.6 Å². The van der Waals surface area contributed by atoms with Crippen LogP contribution in [0.25, 0.3) is 6.08 Å². The van der Waals surface area contributed by atoms with Crippen LogP contribution in [0.2, 0.25) is 0 Å². The van der Waals surface area contributed by atoms with Crippen molar-refractivity contribution < 1.29 is 14.7 Å². The summed E-state index contributed by atoms with van der Waals surface area (Å²) in [6.07, 6.45) is 3.32. The molecule has 2 aliphatic heterocycles. The fourth-order valence-electron chi connectivity index (χ4n) is 2.79. The molecular weight excluding hydrogens is 256 g/mol. The number of aromatic hydroxyl groups is 1. The maximum atomic E-state index is 12.4. The molecule has 0 unspecified atom stereocenters. The van der Waals surface area contributed by atoms with Gasteiger partial charge in [0.2, 0.25) is 5.91 Å². The molecule has 2 aliphatic rings. The molecular formula is C15H16N2O3. The van der Waals surface area contributed by atoms with Gasteiger partial charge in [0.1, 0.15) is 17.5 Å². The van der Waals surface area contributed by atoms with E-state index >= 15 is 0 Å². The Kier molecular flexibility index (Phi) is 2.97. The predicted molar refractivity (Wildman–Crippen MR) is 73.6 cm³/mol. The van der Waals surface area contributed by atoms with Gasteiger partial charge in [-0.15, -0.1) is 0 Å². The number of nitrogens with zero attached hydrogens (tertiary/aromatic N) is 2. The first-order chi connectivity index (χ1) is 9.58. The van der Waals surface area contributed by atoms with Gasteiger partial charge in [0.05, 0.1) is 0 Å². The van der Waals surface area contributed by atoms with Crippen LogP contribution >= 0.6 is 0 Å². The molecule has 1 aromatic carbocycles. The van der Waals surface area contributed by atoms with Crippen molar-refractivity contribution in [3.63, 3.8) is 0 Å². The normalized spacial score (nSPS) is 24.4. The van der Waals surface area contributed by atoms with Gasteiger partial charge in [0.25, 0.3) is 5.91 Å². The number of likely N-dealkylation sites (N-methyl/N-ethyl adjacent to an activating group) is 1. The van der Waals surface area contributed by atoms with E-state index in [-0.39, 0.29) is 23.6 Å². The van der Waals surface area contributed by atoms with Crippen LogP contribution in [0.4, 0.5) is 0 Å². The molecule has 2 amide bonds. The summed E-state index contributed by atoms with van der Waals surface area (Å²) in [5.74, 6) is 0.0564. The highest BCUT2D eigenvalue weighted by atomic mass is 16.3. The number of carbonyl (C=O) groups is 2. The van der Waals surface area contributed by atoms with Gasteiger partial charge < -0.3 is 14.9 Å². The zero-order valence-corrected chi connectivity index (χ0v) is 11.2. The molecule has 0 aromatic heterocycles. The lowest BCUT2D eigenvalue weighted by Gasteiger charge is -2.36. The lowest BCUT2D eigenvalue weighted by atomic mass is 10.1. The van der Waals surface area contributed by atoms with Crippen molar-refractivity contribution in [1.82, 2.24) is 9.80 Å². The Morgan fingerprint density at radius 3 is 2.65 bits per heavy atom. The summed E-state index contributed by atoms with van der Waals surface area (Å²) in [6, 6.07) is 6.25. The van der Waals surface area contributed by atoms with E-state index in [1.807, 2.05) is 0 Å². The maximum absolute atomic E-state index is 12.4. The quantitative estimate of drug-likeness (QED) is 0.781. The summed E-state index contributed by atoms with van der Waals surface area (Å²) in [7, 11) is 1.64. The third-order valence-corrected chi connectivity index (χ3v) is 3.91. The van der Waals surface area contributed by atoms with E-state index in [1.54, 1.807) is 42.3 Å². The van der Waals surface area contributed by atoms with Crippen LogP contribution in [0, 0.1) is 0 Å². The Labute approximate surface area is 117 Å². The molecule has 1 aromatic rings. The summed E-state index contributed by atoms with van der Waals surface area (Å²) < 4.78 is 0. The third-order valence-electron chi connectivity index (χ3n) is 3.91. The Morgan fingerprint density at radius 1 is 1.25 bits per heavy atom. The van der Waals surface area contributed by atoms with E-state index in [0.29, 0.717) is 12.2 Å². The zero-order chi connectivity index (χ0) is 14.3. The molecule has 5 nitrogen and oxygen atoms in total. The SMILES string of the molecule is CN1C(=O)[C@@H]2CCCN2C(=O)C1=Cc1ccc(O)cc1. The molecule has 0 radical (unpaired) electrons. The van der Waals surface area contributed by atoms with Crippen LogP contribution in [0.1, 0.15) is 18.4 Å². The average Bonchev–Trinajstić information content (AvgIpc) is 2.93. The topological polar surface area (TPSA) is 60.9 Å². The number of phenols is 1. The molecule has 1 atom stereocenters. The Hall–Kier alpha value is -2.30. The minimum absolute atomic E-state index is 0.0212. The second-order valence-corrected chi connectivity index (χ2v) is 5.17. The molecule has 2 fully saturated rings. The standard InChI is InChI=1S/C15H16N2O3/c1-16-13(9-10-4-6-11(18)7-5-10)15(20)17-8-2-3-12(17)14(16)19/h4-7,9,12,18H,2-3,8H2,1H3/t12-/m0/s1. The molecule has 104 valence electrons. The number of hydrogen-bond acceptors (Lipinski definition) is 3. The molecule has 0 saturated carbocycles. The number of piperazine rings is 1. The zero-order valence-electron chi connectivity index (χ0n) is 11.2. The van der Waals surface area contributed by atoms with Gasteiger partial charge in [0, 0.05) is 13.6 Å². The summed E-state index contributed by atoms with van der Waals surface area (Å²) in [5, 5.41) is 9.27. The van der Waals surface area contributed by atoms with Crippen LogP contribution in [0.3, 0.4) is 0 Å². The van der Waals surface area contributed by atoms with Crippen molar-refractivity contribution in [2.24, 2.45) is 0 Å². The molecule has 20 heavy (non-hydrogen) atoms. The smallest absolute Gasteiger partial charge is 0.271 e. The Bertz CT molecular complexity index is 592. The second kappa shape index (κ2) is 4.67. The molecule has 5 heteroatoms. The molecule has 3 rings (SSSR count). The minimum atomic E-state index is -0.288. The first-order valence-electron chi connectivity index (χ1n) is 6.67. The van der Waals surface area contributed by atoms with Gasteiger partial charge in [-0.2, -0.15) is 0 Å². The van der Waals surface area contributed by atoms with Crippen LogP contribution in [-0.4, -0.2) is 46.4 Å². The number of fused-ring (bicyclic) bond motifs is 1. The third kappa shape index (κ3) is 1.95. The molecule has 0 spiro atoms. The van der Waals surface area contributed by atoms with Crippen LogP contribution in [0.15, 0.2) is 30.0 Å². The van der Waals surface area contributed by atoms with Crippen molar-refractivity contribution in [2.75, 3.05) is 13.6 Å². The van der Waals surface area contributed by atoms with Gasteiger partial charge in [0.15, 0.2) is 0 Å². The Morgan fingerprint density at radius 2 is 1.95 bits per heavy atom. The fraction of sp³-hybridized carbons (Fsp3) is 0.333. The minimum Gasteiger partial charge on any atom is -0.508 e. The van der Waals surface area contributed by atoms with Gasteiger partial charge in [-0.25, -0.2) is 0 Å². The lowest BCUT2D eigenvalue weighted by Crippen LogP contribution is -2.54. The first kappa shape index (κ1) is 12.7.